The zero-order valence-electron chi connectivity index (χ0n) is 13.1. The molecule has 0 spiro atoms. The highest BCUT2D eigenvalue weighted by Gasteiger charge is 2.27. The second-order valence-corrected chi connectivity index (χ2v) is 8.11. The molecule has 0 radical (unpaired) electrons. The van der Waals surface area contributed by atoms with E-state index in [-0.39, 0.29) is 0 Å². The molecule has 3 atom stereocenters. The van der Waals surface area contributed by atoms with Crippen molar-refractivity contribution in [3.05, 3.63) is 0 Å². The fraction of sp³-hybridized carbons (Fsp3) is 1.00. The average molecular weight is 286 g/mol. The Balaban J connectivity index is 1.79. The minimum absolute atomic E-state index is 0.703. The van der Waals surface area contributed by atoms with Gasteiger partial charge in [-0.2, -0.15) is 11.8 Å². The molecule has 2 heterocycles. The summed E-state index contributed by atoms with van der Waals surface area (Å²) in [5.41, 5.74) is 0. The van der Waals surface area contributed by atoms with Crippen molar-refractivity contribution in [1.82, 2.24) is 15.1 Å². The minimum atomic E-state index is 0.703. The minimum Gasteiger partial charge on any atom is -0.312 e. The monoisotopic (exact) mass is 285 g/mol. The molecule has 1 N–H and O–H groups in total. The number of piperazine rings is 1. The van der Waals surface area contributed by atoms with Crippen LogP contribution >= 0.6 is 11.8 Å². The molecular weight excluding hydrogens is 254 g/mol. The predicted octanol–water partition coefficient (Wildman–Crippen LogP) is 1.74. The van der Waals surface area contributed by atoms with Gasteiger partial charge in [-0.1, -0.05) is 20.8 Å². The second kappa shape index (κ2) is 7.30. The van der Waals surface area contributed by atoms with Crippen molar-refractivity contribution in [3.8, 4) is 0 Å². The fourth-order valence-electron chi connectivity index (χ4n) is 3.19. The van der Waals surface area contributed by atoms with Gasteiger partial charge in [0.2, 0.25) is 0 Å². The highest BCUT2D eigenvalue weighted by atomic mass is 32.2. The van der Waals surface area contributed by atoms with E-state index in [0.717, 1.165) is 17.2 Å². The van der Waals surface area contributed by atoms with E-state index in [4.69, 9.17) is 0 Å². The molecule has 2 rings (SSSR count). The van der Waals surface area contributed by atoms with Gasteiger partial charge < -0.3 is 10.2 Å². The maximum atomic E-state index is 3.83. The van der Waals surface area contributed by atoms with Crippen molar-refractivity contribution in [3.63, 3.8) is 0 Å². The first-order valence-corrected chi connectivity index (χ1v) is 8.88. The summed E-state index contributed by atoms with van der Waals surface area (Å²) in [6.07, 6.45) is 1.35. The zero-order valence-corrected chi connectivity index (χ0v) is 13.9. The van der Waals surface area contributed by atoms with Gasteiger partial charge in [-0.25, -0.2) is 0 Å². The highest BCUT2D eigenvalue weighted by Crippen LogP contribution is 2.26. The summed E-state index contributed by atoms with van der Waals surface area (Å²) in [5, 5.41) is 4.67. The lowest BCUT2D eigenvalue weighted by atomic mass is 10.0. The molecule has 0 aromatic carbocycles. The van der Waals surface area contributed by atoms with Crippen molar-refractivity contribution in [2.24, 2.45) is 5.92 Å². The van der Waals surface area contributed by atoms with Crippen molar-refractivity contribution >= 4 is 11.8 Å². The van der Waals surface area contributed by atoms with Gasteiger partial charge >= 0.3 is 0 Å². The summed E-state index contributed by atoms with van der Waals surface area (Å²) in [6, 6.07) is 1.45. The lowest BCUT2D eigenvalue weighted by Crippen LogP contribution is -2.54. The summed E-state index contributed by atoms with van der Waals surface area (Å²) in [6.45, 7) is 13.2. The van der Waals surface area contributed by atoms with Crippen LogP contribution in [0.1, 0.15) is 27.2 Å². The molecule has 3 nitrogen and oxygen atoms in total. The molecule has 0 saturated carbocycles. The molecule has 0 aromatic heterocycles. The largest absolute Gasteiger partial charge is 0.312 e. The molecule has 0 amide bonds. The van der Waals surface area contributed by atoms with E-state index in [2.05, 4.69) is 54.7 Å². The van der Waals surface area contributed by atoms with Crippen LogP contribution in [0.2, 0.25) is 0 Å². The van der Waals surface area contributed by atoms with E-state index in [0.29, 0.717) is 6.04 Å². The second-order valence-electron chi connectivity index (χ2n) is 6.64. The highest BCUT2D eigenvalue weighted by molar-refractivity contribution is 8.00. The van der Waals surface area contributed by atoms with Crippen LogP contribution in [0.5, 0.6) is 0 Å². The molecule has 0 aliphatic carbocycles. The van der Waals surface area contributed by atoms with Crippen molar-refractivity contribution in [1.29, 1.82) is 0 Å². The Bertz CT molecular complexity index is 264. The summed E-state index contributed by atoms with van der Waals surface area (Å²) < 4.78 is 0. The molecule has 2 aliphatic heterocycles. The Morgan fingerprint density at radius 3 is 2.42 bits per heavy atom. The van der Waals surface area contributed by atoms with Gasteiger partial charge in [-0.05, 0) is 19.4 Å². The van der Waals surface area contributed by atoms with Crippen molar-refractivity contribution < 1.29 is 0 Å². The fourth-order valence-corrected chi connectivity index (χ4v) is 4.37. The number of likely N-dealkylation sites (N-methyl/N-ethyl adjacent to an activating group) is 1. The summed E-state index contributed by atoms with van der Waals surface area (Å²) in [4.78, 5) is 5.14. The third-order valence-corrected chi connectivity index (χ3v) is 5.95. The van der Waals surface area contributed by atoms with Crippen LogP contribution in [-0.4, -0.2) is 72.7 Å². The van der Waals surface area contributed by atoms with E-state index in [1.165, 1.54) is 44.9 Å². The van der Waals surface area contributed by atoms with Crippen LogP contribution in [0.25, 0.3) is 0 Å². The van der Waals surface area contributed by atoms with Gasteiger partial charge in [0.1, 0.15) is 0 Å². The Morgan fingerprint density at radius 1 is 1.21 bits per heavy atom. The van der Waals surface area contributed by atoms with Crippen LogP contribution in [-0.2, 0) is 0 Å². The Labute approximate surface area is 123 Å². The van der Waals surface area contributed by atoms with Crippen molar-refractivity contribution in [2.75, 3.05) is 45.5 Å². The van der Waals surface area contributed by atoms with Crippen LogP contribution in [0.4, 0.5) is 0 Å². The lowest BCUT2D eigenvalue weighted by Gasteiger charge is -2.40. The van der Waals surface area contributed by atoms with Gasteiger partial charge in [0, 0.05) is 55.8 Å². The third-order valence-electron chi connectivity index (χ3n) is 4.59. The number of thioether (sulfide) groups is 1. The number of nitrogens with one attached hydrogen (secondary N) is 1. The van der Waals surface area contributed by atoms with Crippen molar-refractivity contribution in [2.45, 2.75) is 44.5 Å². The van der Waals surface area contributed by atoms with Gasteiger partial charge in [-0.15, -0.1) is 0 Å². The molecule has 3 unspecified atom stereocenters. The zero-order chi connectivity index (χ0) is 13.8. The van der Waals surface area contributed by atoms with E-state index >= 15 is 0 Å². The number of rotatable bonds is 5. The molecule has 0 aromatic rings. The van der Waals surface area contributed by atoms with Gasteiger partial charge in [0.15, 0.2) is 0 Å². The van der Waals surface area contributed by atoms with Crippen LogP contribution < -0.4 is 5.32 Å². The van der Waals surface area contributed by atoms with Gasteiger partial charge in [0.05, 0.1) is 0 Å². The standard InChI is InChI=1S/C15H31N3S/c1-12(2)15(18-7-5-17(4)6-8-18)10-16-14-9-13(3)19-11-14/h12-16H,5-11H2,1-4H3. The van der Waals surface area contributed by atoms with Gasteiger partial charge in [-0.3, -0.25) is 4.90 Å². The third kappa shape index (κ3) is 4.62. The Hall–Kier alpha value is 0.230. The summed E-state index contributed by atoms with van der Waals surface area (Å²) >= 11 is 2.12. The first-order valence-electron chi connectivity index (χ1n) is 7.84. The number of nitrogens with zero attached hydrogens (tertiary/aromatic N) is 2. The quantitative estimate of drug-likeness (QED) is 0.829. The number of hydrogen-bond donors (Lipinski definition) is 1. The molecule has 2 fully saturated rings. The first-order chi connectivity index (χ1) is 9.06. The smallest absolute Gasteiger partial charge is 0.0244 e. The topological polar surface area (TPSA) is 18.5 Å². The SMILES string of the molecule is CC1CC(NCC(C(C)C)N2CCN(C)CC2)CS1. The molecule has 4 heteroatoms. The molecule has 2 saturated heterocycles. The molecule has 2 aliphatic rings. The van der Waals surface area contributed by atoms with E-state index in [1.54, 1.807) is 0 Å². The average Bonchev–Trinajstić information content (AvgIpc) is 2.77. The summed E-state index contributed by atoms with van der Waals surface area (Å²) in [5.74, 6) is 2.04. The molecule has 112 valence electrons. The van der Waals surface area contributed by atoms with E-state index in [1.807, 2.05) is 0 Å². The maximum absolute atomic E-state index is 3.83. The molecule has 19 heavy (non-hydrogen) atoms. The normalized spacial score (nSPS) is 32.1. The maximum Gasteiger partial charge on any atom is 0.0244 e. The van der Waals surface area contributed by atoms with Gasteiger partial charge in [0.25, 0.3) is 0 Å². The molecule has 0 bridgehead atoms. The van der Waals surface area contributed by atoms with E-state index < -0.39 is 0 Å². The number of hydrogen-bond acceptors (Lipinski definition) is 4. The van der Waals surface area contributed by atoms with E-state index in [9.17, 15) is 0 Å². The van der Waals surface area contributed by atoms with Crippen LogP contribution in [0, 0.1) is 5.92 Å². The first kappa shape index (κ1) is 15.6. The van der Waals surface area contributed by atoms with Crippen LogP contribution in [0.3, 0.4) is 0 Å². The predicted molar refractivity (Wildman–Crippen MR) is 86.0 cm³/mol. The summed E-state index contributed by atoms with van der Waals surface area (Å²) in [7, 11) is 2.23. The Kier molecular flexibility index (Phi) is 6.00. The Morgan fingerprint density at radius 2 is 1.89 bits per heavy atom. The van der Waals surface area contributed by atoms with Crippen LogP contribution in [0.15, 0.2) is 0 Å². The lowest BCUT2D eigenvalue weighted by molar-refractivity contribution is 0.0864. The molecular formula is C15H31N3S.